The molecule has 5 rings (SSSR count). The molecule has 0 radical (unpaired) electrons. The predicted molar refractivity (Wildman–Crippen MR) is 107 cm³/mol. The van der Waals surface area contributed by atoms with Crippen molar-refractivity contribution in [3.8, 4) is 0 Å². The number of hydrogen-bond acceptors (Lipinski definition) is 7. The molecule has 2 saturated heterocycles. The highest BCUT2D eigenvalue weighted by Crippen LogP contribution is 2.42. The first kappa shape index (κ1) is 22.4. The highest BCUT2D eigenvalue weighted by molar-refractivity contribution is 5.75. The third kappa shape index (κ3) is 3.81. The molecule has 3 aromatic heterocycles. The molecule has 0 aromatic carbocycles. The van der Waals surface area contributed by atoms with Gasteiger partial charge in [-0.2, -0.15) is 36.4 Å². The van der Waals surface area contributed by atoms with Gasteiger partial charge in [0.25, 0.3) is 5.56 Å². The minimum atomic E-state index is -4.61. The van der Waals surface area contributed by atoms with E-state index in [0.717, 1.165) is 25.0 Å². The van der Waals surface area contributed by atoms with Gasteiger partial charge in [0.15, 0.2) is 5.65 Å². The van der Waals surface area contributed by atoms with Crippen LogP contribution in [0.15, 0.2) is 23.4 Å². The molecule has 34 heavy (non-hydrogen) atoms. The van der Waals surface area contributed by atoms with Crippen molar-refractivity contribution in [3.05, 3.63) is 34.8 Å². The van der Waals surface area contributed by atoms with E-state index in [9.17, 15) is 31.1 Å². The SMILES string of the molecule is Cn1c(N2CCC3(CN(c4cnc(C(F)(F)F)nc4)C3)C2)nc2c(cnn2CC(F)(F)F)c1=O. The van der Waals surface area contributed by atoms with E-state index in [1.54, 1.807) is 0 Å². The summed E-state index contributed by atoms with van der Waals surface area (Å²) in [5.41, 5.74) is -0.346. The quantitative estimate of drug-likeness (QED) is 0.523. The first-order chi connectivity index (χ1) is 15.9. The molecule has 15 heteroatoms. The Morgan fingerprint density at radius 3 is 2.26 bits per heavy atom. The van der Waals surface area contributed by atoms with Crippen molar-refractivity contribution in [2.45, 2.75) is 25.3 Å². The summed E-state index contributed by atoms with van der Waals surface area (Å²) in [6, 6.07) is 0. The molecule has 0 amide bonds. The van der Waals surface area contributed by atoms with Gasteiger partial charge in [-0.3, -0.25) is 9.36 Å². The minimum absolute atomic E-state index is 0.00142. The topological polar surface area (TPSA) is 85.0 Å². The van der Waals surface area contributed by atoms with Crippen LogP contribution in [0, 0.1) is 5.41 Å². The summed E-state index contributed by atoms with van der Waals surface area (Å²) < 4.78 is 78.6. The van der Waals surface area contributed by atoms with Gasteiger partial charge in [-0.25, -0.2) is 14.6 Å². The van der Waals surface area contributed by atoms with E-state index in [0.29, 0.717) is 36.5 Å². The van der Waals surface area contributed by atoms with Crippen molar-refractivity contribution in [3.63, 3.8) is 0 Å². The zero-order valence-electron chi connectivity index (χ0n) is 17.7. The minimum Gasteiger partial charge on any atom is -0.368 e. The second-order valence-corrected chi connectivity index (χ2v) is 8.72. The summed E-state index contributed by atoms with van der Waals surface area (Å²) in [4.78, 5) is 27.5. The fourth-order valence-electron chi connectivity index (χ4n) is 4.60. The second kappa shape index (κ2) is 7.30. The molecule has 0 N–H and O–H groups in total. The summed E-state index contributed by atoms with van der Waals surface area (Å²) in [5.74, 6) is -0.958. The number of anilines is 2. The second-order valence-electron chi connectivity index (χ2n) is 8.72. The van der Waals surface area contributed by atoms with Gasteiger partial charge in [-0.15, -0.1) is 0 Å². The molecule has 1 spiro atoms. The first-order valence-electron chi connectivity index (χ1n) is 10.2. The van der Waals surface area contributed by atoms with Crippen molar-refractivity contribution >= 4 is 22.7 Å². The molecule has 2 fully saturated rings. The van der Waals surface area contributed by atoms with E-state index in [2.05, 4.69) is 20.1 Å². The van der Waals surface area contributed by atoms with Crippen LogP contribution in [0.4, 0.5) is 38.0 Å². The Balaban J connectivity index is 1.34. The van der Waals surface area contributed by atoms with E-state index in [1.165, 1.54) is 11.6 Å². The van der Waals surface area contributed by atoms with Crippen molar-refractivity contribution in [2.75, 3.05) is 36.0 Å². The van der Waals surface area contributed by atoms with E-state index in [-0.39, 0.29) is 22.4 Å². The summed E-state index contributed by atoms with van der Waals surface area (Å²) in [7, 11) is 1.50. The Bertz CT molecular complexity index is 1290. The molecule has 182 valence electrons. The molecule has 0 unspecified atom stereocenters. The van der Waals surface area contributed by atoms with Gasteiger partial charge in [-0.1, -0.05) is 0 Å². The van der Waals surface area contributed by atoms with Crippen LogP contribution in [0.2, 0.25) is 0 Å². The average Bonchev–Trinajstić information content (AvgIpc) is 3.33. The lowest BCUT2D eigenvalue weighted by Gasteiger charge is -2.49. The van der Waals surface area contributed by atoms with E-state index in [4.69, 9.17) is 0 Å². The van der Waals surface area contributed by atoms with Crippen LogP contribution in [0.1, 0.15) is 12.2 Å². The number of alkyl halides is 6. The molecule has 9 nitrogen and oxygen atoms in total. The molecule has 0 aliphatic carbocycles. The highest BCUT2D eigenvalue weighted by Gasteiger charge is 2.49. The molecule has 5 heterocycles. The lowest BCUT2D eigenvalue weighted by molar-refractivity contribution is -0.145. The fraction of sp³-hybridized carbons (Fsp3) is 0.526. The molecule has 0 atom stereocenters. The Morgan fingerprint density at radius 1 is 1.00 bits per heavy atom. The average molecular weight is 488 g/mol. The maximum absolute atomic E-state index is 12.9. The Kier molecular flexibility index (Phi) is 4.81. The fourth-order valence-corrected chi connectivity index (χ4v) is 4.60. The molecular formula is C19H18F6N8O. The number of nitrogens with zero attached hydrogens (tertiary/aromatic N) is 8. The van der Waals surface area contributed by atoms with Gasteiger partial charge in [0.05, 0.1) is 24.3 Å². The predicted octanol–water partition coefficient (Wildman–Crippen LogP) is 2.22. The van der Waals surface area contributed by atoms with Crippen molar-refractivity contribution in [2.24, 2.45) is 12.5 Å². The summed E-state index contributed by atoms with van der Waals surface area (Å²) >= 11 is 0. The van der Waals surface area contributed by atoms with Gasteiger partial charge < -0.3 is 9.80 Å². The maximum Gasteiger partial charge on any atom is 0.451 e. The van der Waals surface area contributed by atoms with Crippen molar-refractivity contribution < 1.29 is 26.3 Å². The zero-order chi connectivity index (χ0) is 24.5. The first-order valence-corrected chi connectivity index (χ1v) is 10.2. The van der Waals surface area contributed by atoms with Gasteiger partial charge in [0, 0.05) is 38.6 Å². The Labute approximate surface area is 187 Å². The van der Waals surface area contributed by atoms with Crippen molar-refractivity contribution in [1.82, 2.24) is 29.3 Å². The Morgan fingerprint density at radius 2 is 1.65 bits per heavy atom. The van der Waals surface area contributed by atoms with E-state index in [1.807, 2.05) is 9.80 Å². The lowest BCUT2D eigenvalue weighted by atomic mass is 9.79. The monoisotopic (exact) mass is 488 g/mol. The standard InChI is InChI=1S/C19H18F6N8O/c1-30-14(34)12-6-28-33(10-18(20,21)22)13(12)29-16(30)31-3-2-17(7-31)8-32(9-17)11-4-26-15(27-5-11)19(23,24)25/h4-6H,2-3,7-10H2,1H3. The number of aromatic nitrogens is 6. The van der Waals surface area contributed by atoms with Crippen molar-refractivity contribution in [1.29, 1.82) is 0 Å². The Hall–Kier alpha value is -3.39. The van der Waals surface area contributed by atoms with Crippen LogP contribution < -0.4 is 15.4 Å². The number of rotatable bonds is 3. The summed E-state index contributed by atoms with van der Waals surface area (Å²) in [6.07, 6.45) is -5.05. The lowest BCUT2D eigenvalue weighted by Crippen LogP contribution is -2.58. The van der Waals surface area contributed by atoms with Crippen LogP contribution in [0.3, 0.4) is 0 Å². The van der Waals surface area contributed by atoms with Crippen LogP contribution >= 0.6 is 0 Å². The normalized spacial score (nSPS) is 18.2. The van der Waals surface area contributed by atoms with Crippen LogP contribution in [0.25, 0.3) is 11.0 Å². The van der Waals surface area contributed by atoms with E-state index >= 15 is 0 Å². The molecular weight excluding hydrogens is 470 g/mol. The summed E-state index contributed by atoms with van der Waals surface area (Å²) in [5, 5.41) is 3.69. The number of fused-ring (bicyclic) bond motifs is 1. The largest absolute Gasteiger partial charge is 0.451 e. The third-order valence-corrected chi connectivity index (χ3v) is 6.21. The van der Waals surface area contributed by atoms with Crippen LogP contribution in [-0.2, 0) is 19.8 Å². The number of halogens is 6. The smallest absolute Gasteiger partial charge is 0.368 e. The molecule has 2 aliphatic rings. The van der Waals surface area contributed by atoms with Crippen LogP contribution in [-0.4, -0.2) is 61.7 Å². The maximum atomic E-state index is 12.9. The zero-order valence-corrected chi connectivity index (χ0v) is 17.7. The molecule has 0 saturated carbocycles. The third-order valence-electron chi connectivity index (χ3n) is 6.21. The molecule has 0 bridgehead atoms. The van der Waals surface area contributed by atoms with Gasteiger partial charge >= 0.3 is 12.4 Å². The van der Waals surface area contributed by atoms with Crippen LogP contribution in [0.5, 0.6) is 0 Å². The number of hydrogen-bond donors (Lipinski definition) is 0. The molecule has 3 aromatic rings. The molecule has 2 aliphatic heterocycles. The van der Waals surface area contributed by atoms with Gasteiger partial charge in [0.1, 0.15) is 11.9 Å². The van der Waals surface area contributed by atoms with E-state index < -0.39 is 30.3 Å². The van der Waals surface area contributed by atoms with Gasteiger partial charge in [0.2, 0.25) is 11.8 Å². The summed E-state index contributed by atoms with van der Waals surface area (Å²) in [6.45, 7) is 0.742. The highest BCUT2D eigenvalue weighted by atomic mass is 19.4. The van der Waals surface area contributed by atoms with Gasteiger partial charge in [-0.05, 0) is 6.42 Å².